The van der Waals surface area contributed by atoms with Crippen LogP contribution in [0.5, 0.6) is 5.75 Å². The highest BCUT2D eigenvalue weighted by molar-refractivity contribution is 7.92. The van der Waals surface area contributed by atoms with E-state index in [-0.39, 0.29) is 16.8 Å². The van der Waals surface area contributed by atoms with Gasteiger partial charge in [0.05, 0.1) is 11.5 Å². The average Bonchev–Trinajstić information content (AvgIpc) is 2.72. The van der Waals surface area contributed by atoms with Gasteiger partial charge in [0.2, 0.25) is 5.95 Å². The molecule has 3 aromatic rings. The molecule has 1 amide bonds. The summed E-state index contributed by atoms with van der Waals surface area (Å²) in [5.41, 5.74) is 2.26. The summed E-state index contributed by atoms with van der Waals surface area (Å²) in [5, 5.41) is 2.74. The van der Waals surface area contributed by atoms with Crippen molar-refractivity contribution in [3.63, 3.8) is 0 Å². The molecule has 31 heavy (non-hydrogen) atoms. The summed E-state index contributed by atoms with van der Waals surface area (Å²) in [4.78, 5) is 20.6. The zero-order valence-corrected chi connectivity index (χ0v) is 18.4. The molecule has 0 radical (unpaired) electrons. The highest BCUT2D eigenvalue weighted by Gasteiger charge is 2.16. The number of nitrogens with one attached hydrogen (secondary N) is 2. The van der Waals surface area contributed by atoms with Crippen molar-refractivity contribution >= 4 is 27.6 Å². The Labute approximate surface area is 181 Å². The molecule has 0 unspecified atom stereocenters. The molecule has 1 aromatic heterocycles. The molecule has 8 nitrogen and oxygen atoms in total. The molecule has 0 bridgehead atoms. The number of anilines is 2. The average molecular weight is 441 g/mol. The molecule has 2 aromatic carbocycles. The van der Waals surface area contributed by atoms with E-state index in [0.717, 1.165) is 6.42 Å². The maximum Gasteiger partial charge on any atom is 0.264 e. The second kappa shape index (κ2) is 9.57. The van der Waals surface area contributed by atoms with Gasteiger partial charge in [0.15, 0.2) is 0 Å². The summed E-state index contributed by atoms with van der Waals surface area (Å²) in [7, 11) is -3.86. The van der Waals surface area contributed by atoms with Gasteiger partial charge < -0.3 is 10.1 Å². The van der Waals surface area contributed by atoms with E-state index < -0.39 is 10.0 Å². The lowest BCUT2D eigenvalue weighted by molar-refractivity contribution is 0.102. The Balaban J connectivity index is 1.67. The highest BCUT2D eigenvalue weighted by Crippen LogP contribution is 2.18. The highest BCUT2D eigenvalue weighted by atomic mass is 32.2. The van der Waals surface area contributed by atoms with E-state index in [1.165, 1.54) is 24.3 Å². The van der Waals surface area contributed by atoms with Gasteiger partial charge in [0.25, 0.3) is 15.9 Å². The second-order valence-corrected chi connectivity index (χ2v) is 8.61. The number of sulfonamides is 1. The quantitative estimate of drug-likeness (QED) is 0.549. The van der Waals surface area contributed by atoms with Crippen LogP contribution in [-0.2, 0) is 10.0 Å². The van der Waals surface area contributed by atoms with Gasteiger partial charge >= 0.3 is 0 Å². The fraction of sp³-hybridized carbons (Fsp3) is 0.227. The van der Waals surface area contributed by atoms with Crippen molar-refractivity contribution in [1.29, 1.82) is 0 Å². The van der Waals surface area contributed by atoms with Crippen LogP contribution in [0.1, 0.15) is 35.1 Å². The zero-order chi connectivity index (χ0) is 22.4. The Kier molecular flexibility index (Phi) is 6.86. The maximum atomic E-state index is 12.6. The topological polar surface area (TPSA) is 110 Å². The minimum Gasteiger partial charge on any atom is -0.494 e. The molecule has 9 heteroatoms. The van der Waals surface area contributed by atoms with E-state index in [4.69, 9.17) is 4.74 Å². The van der Waals surface area contributed by atoms with Crippen molar-refractivity contribution in [1.82, 2.24) is 9.97 Å². The van der Waals surface area contributed by atoms with E-state index in [0.29, 0.717) is 35.0 Å². The Morgan fingerprint density at radius 1 is 0.968 bits per heavy atom. The van der Waals surface area contributed by atoms with Crippen LogP contribution >= 0.6 is 0 Å². The van der Waals surface area contributed by atoms with Crippen LogP contribution in [0.2, 0.25) is 0 Å². The summed E-state index contributed by atoms with van der Waals surface area (Å²) < 4.78 is 33.1. The van der Waals surface area contributed by atoms with E-state index in [1.807, 2.05) is 6.92 Å². The molecule has 0 atom stereocenters. The number of aromatic nitrogens is 2. The van der Waals surface area contributed by atoms with Crippen LogP contribution < -0.4 is 14.8 Å². The Morgan fingerprint density at radius 3 is 2.16 bits per heavy atom. The number of aryl methyl sites for hydroxylation is 2. The predicted molar refractivity (Wildman–Crippen MR) is 119 cm³/mol. The van der Waals surface area contributed by atoms with Crippen LogP contribution in [0.25, 0.3) is 0 Å². The van der Waals surface area contributed by atoms with Gasteiger partial charge in [0.1, 0.15) is 5.75 Å². The van der Waals surface area contributed by atoms with Crippen LogP contribution in [0.15, 0.2) is 59.5 Å². The number of hydrogen-bond acceptors (Lipinski definition) is 6. The van der Waals surface area contributed by atoms with E-state index in [9.17, 15) is 13.2 Å². The third-order valence-corrected chi connectivity index (χ3v) is 5.56. The summed E-state index contributed by atoms with van der Waals surface area (Å²) in [6, 6.07) is 14.4. The summed E-state index contributed by atoms with van der Waals surface area (Å²) in [5.74, 6) is 0.411. The first-order valence-corrected chi connectivity index (χ1v) is 11.2. The predicted octanol–water partition coefficient (Wildman–Crippen LogP) is 3.94. The monoisotopic (exact) mass is 440 g/mol. The minimum atomic E-state index is -3.86. The third kappa shape index (κ3) is 6.02. The van der Waals surface area contributed by atoms with E-state index in [2.05, 4.69) is 20.0 Å². The van der Waals surface area contributed by atoms with Crippen LogP contribution in [0.3, 0.4) is 0 Å². The lowest BCUT2D eigenvalue weighted by Crippen LogP contribution is -2.16. The largest absolute Gasteiger partial charge is 0.494 e. The molecular weight excluding hydrogens is 416 g/mol. The number of carbonyl (C=O) groups excluding carboxylic acids is 1. The molecule has 1 heterocycles. The van der Waals surface area contributed by atoms with E-state index >= 15 is 0 Å². The van der Waals surface area contributed by atoms with Crippen molar-refractivity contribution in [3.8, 4) is 5.75 Å². The van der Waals surface area contributed by atoms with Crippen LogP contribution in [0, 0.1) is 13.8 Å². The molecule has 2 N–H and O–H groups in total. The molecule has 0 saturated carbocycles. The number of carbonyl (C=O) groups is 1. The molecule has 162 valence electrons. The Hall–Kier alpha value is -3.46. The SMILES string of the molecule is CCCOc1ccc(C(=O)Nc2ccc(S(=O)(=O)Nc3nc(C)cc(C)n3)cc2)cc1. The number of rotatable bonds is 8. The fourth-order valence-corrected chi connectivity index (χ4v) is 3.74. The van der Waals surface area contributed by atoms with Crippen molar-refractivity contribution in [2.75, 3.05) is 16.6 Å². The molecule has 0 fully saturated rings. The van der Waals surface area contributed by atoms with Gasteiger partial charge in [-0.05, 0) is 74.9 Å². The van der Waals surface area contributed by atoms with Crippen LogP contribution in [0.4, 0.5) is 11.6 Å². The summed E-state index contributed by atoms with van der Waals surface area (Å²) in [6.45, 7) is 6.16. The first-order chi connectivity index (χ1) is 14.8. The molecule has 0 aliphatic carbocycles. The van der Waals surface area contributed by atoms with Gasteiger partial charge in [-0.3, -0.25) is 4.79 Å². The molecule has 0 aliphatic heterocycles. The molecular formula is C22H24N4O4S. The lowest BCUT2D eigenvalue weighted by atomic mass is 10.2. The Bertz CT molecular complexity index is 1140. The Morgan fingerprint density at radius 2 is 1.58 bits per heavy atom. The minimum absolute atomic E-state index is 0.0150. The molecule has 3 rings (SSSR count). The molecule has 0 saturated heterocycles. The second-order valence-electron chi connectivity index (χ2n) is 6.93. The first kappa shape index (κ1) is 22.2. The fourth-order valence-electron chi connectivity index (χ4n) is 2.79. The standard InChI is InChI=1S/C22H24N4O4S/c1-4-13-30-19-9-5-17(6-10-19)21(27)25-18-7-11-20(12-8-18)31(28,29)26-22-23-15(2)14-16(3)24-22/h5-12,14H,4,13H2,1-3H3,(H,25,27)(H,23,24,26). The van der Waals surface area contributed by atoms with Gasteiger partial charge in [-0.2, -0.15) is 0 Å². The van der Waals surface area contributed by atoms with Crippen molar-refractivity contribution in [2.45, 2.75) is 32.1 Å². The van der Waals surface area contributed by atoms with Gasteiger partial charge in [-0.1, -0.05) is 6.92 Å². The summed E-state index contributed by atoms with van der Waals surface area (Å²) >= 11 is 0. The first-order valence-electron chi connectivity index (χ1n) is 9.76. The van der Waals surface area contributed by atoms with Crippen LogP contribution in [-0.4, -0.2) is 30.9 Å². The van der Waals surface area contributed by atoms with Gasteiger partial charge in [0, 0.05) is 22.6 Å². The number of hydrogen-bond donors (Lipinski definition) is 2. The molecule has 0 spiro atoms. The van der Waals surface area contributed by atoms with E-state index in [1.54, 1.807) is 44.2 Å². The third-order valence-electron chi connectivity index (χ3n) is 4.22. The maximum absolute atomic E-state index is 12.6. The number of nitrogens with zero attached hydrogens (tertiary/aromatic N) is 2. The van der Waals surface area contributed by atoms with Gasteiger partial charge in [-0.25, -0.2) is 23.1 Å². The van der Waals surface area contributed by atoms with Crippen molar-refractivity contribution in [2.24, 2.45) is 0 Å². The van der Waals surface area contributed by atoms with Gasteiger partial charge in [-0.15, -0.1) is 0 Å². The number of amides is 1. The normalized spacial score (nSPS) is 11.1. The smallest absolute Gasteiger partial charge is 0.264 e. The summed E-state index contributed by atoms with van der Waals surface area (Å²) in [6.07, 6.45) is 0.904. The van der Waals surface area contributed by atoms with Crippen molar-refractivity contribution < 1.29 is 17.9 Å². The number of benzene rings is 2. The lowest BCUT2D eigenvalue weighted by Gasteiger charge is -2.10. The molecule has 0 aliphatic rings. The zero-order valence-electron chi connectivity index (χ0n) is 17.5. The number of ether oxygens (including phenoxy) is 1. The van der Waals surface area contributed by atoms with Crippen molar-refractivity contribution in [3.05, 3.63) is 71.5 Å².